The highest BCUT2D eigenvalue weighted by Gasteiger charge is 2.25. The summed E-state index contributed by atoms with van der Waals surface area (Å²) in [7, 11) is -3.28. The normalized spacial score (nSPS) is 20.7. The molecule has 1 aliphatic heterocycles. The zero-order valence-corrected chi connectivity index (χ0v) is 12.1. The number of aromatic nitrogens is 1. The monoisotopic (exact) mass is 296 g/mol. The lowest BCUT2D eigenvalue weighted by molar-refractivity contribution is 0.423. The van der Waals surface area contributed by atoms with Gasteiger partial charge in [-0.25, -0.2) is 13.4 Å². The summed E-state index contributed by atoms with van der Waals surface area (Å²) in [6, 6.07) is 7.61. The molecule has 1 fully saturated rings. The predicted molar refractivity (Wildman–Crippen MR) is 77.3 cm³/mol. The third kappa shape index (κ3) is 2.80. The van der Waals surface area contributed by atoms with E-state index < -0.39 is 9.84 Å². The second kappa shape index (κ2) is 5.19. The number of rotatable bonds is 3. The lowest BCUT2D eigenvalue weighted by Crippen LogP contribution is -2.39. The molecule has 1 aliphatic rings. The van der Waals surface area contributed by atoms with Crippen molar-refractivity contribution in [1.29, 1.82) is 0 Å². The number of nitrogens with zero attached hydrogens (tertiary/aromatic N) is 1. The van der Waals surface area contributed by atoms with Crippen molar-refractivity contribution in [3.8, 4) is 0 Å². The Morgan fingerprint density at radius 1 is 1.32 bits per heavy atom. The van der Waals surface area contributed by atoms with Crippen molar-refractivity contribution in [3.05, 3.63) is 24.3 Å². The van der Waals surface area contributed by atoms with E-state index >= 15 is 0 Å². The van der Waals surface area contributed by atoms with Crippen LogP contribution in [0, 0.1) is 0 Å². The summed E-state index contributed by atoms with van der Waals surface area (Å²) in [6.07, 6.45) is 3.18. The summed E-state index contributed by atoms with van der Waals surface area (Å²) in [5, 5.41) is 3.28. The Kier molecular flexibility index (Phi) is 3.56. The minimum atomic E-state index is -3.28. The number of hydrogen-bond acceptors (Lipinski definition) is 5. The largest absolute Gasteiger partial charge is 0.313 e. The molecule has 4 nitrogen and oxygen atoms in total. The number of thiazole rings is 1. The second-order valence-electron chi connectivity index (χ2n) is 4.88. The number of piperidine rings is 1. The average molecular weight is 296 g/mol. The van der Waals surface area contributed by atoms with E-state index in [9.17, 15) is 8.42 Å². The fraction of sp³-hybridized carbons (Fsp3) is 0.462. The van der Waals surface area contributed by atoms with E-state index in [4.69, 9.17) is 0 Å². The van der Waals surface area contributed by atoms with Crippen LogP contribution < -0.4 is 5.32 Å². The molecule has 0 bridgehead atoms. The maximum absolute atomic E-state index is 12.4. The second-order valence-corrected chi connectivity index (χ2v) is 8.11. The molecule has 1 aromatic carbocycles. The van der Waals surface area contributed by atoms with Gasteiger partial charge < -0.3 is 5.32 Å². The Morgan fingerprint density at radius 2 is 2.16 bits per heavy atom. The van der Waals surface area contributed by atoms with Crippen LogP contribution in [0.2, 0.25) is 0 Å². The quantitative estimate of drug-likeness (QED) is 0.943. The van der Waals surface area contributed by atoms with Crippen LogP contribution >= 0.6 is 11.3 Å². The van der Waals surface area contributed by atoms with Gasteiger partial charge in [0.2, 0.25) is 14.2 Å². The third-order valence-corrected chi connectivity index (χ3v) is 6.68. The number of benzene rings is 1. The van der Waals surface area contributed by atoms with Crippen LogP contribution in [0.25, 0.3) is 10.2 Å². The fourth-order valence-electron chi connectivity index (χ4n) is 2.39. The summed E-state index contributed by atoms with van der Waals surface area (Å²) in [5.74, 6) is 0.160. The first-order chi connectivity index (χ1) is 9.15. The predicted octanol–water partition coefficient (Wildman–Crippen LogP) is 2.21. The van der Waals surface area contributed by atoms with E-state index in [0.717, 1.165) is 36.0 Å². The van der Waals surface area contributed by atoms with Gasteiger partial charge in [-0.1, -0.05) is 18.6 Å². The van der Waals surface area contributed by atoms with Crippen LogP contribution in [0.5, 0.6) is 0 Å². The summed E-state index contributed by atoms with van der Waals surface area (Å²) < 4.78 is 25.9. The van der Waals surface area contributed by atoms with Gasteiger partial charge in [0.05, 0.1) is 16.0 Å². The highest BCUT2D eigenvalue weighted by molar-refractivity contribution is 7.93. The molecule has 0 radical (unpaired) electrons. The summed E-state index contributed by atoms with van der Waals surface area (Å²) >= 11 is 1.27. The highest BCUT2D eigenvalue weighted by atomic mass is 32.2. The van der Waals surface area contributed by atoms with Gasteiger partial charge in [-0.3, -0.25) is 0 Å². The van der Waals surface area contributed by atoms with E-state index in [-0.39, 0.29) is 16.1 Å². The van der Waals surface area contributed by atoms with Gasteiger partial charge >= 0.3 is 0 Å². The molecular weight excluding hydrogens is 280 g/mol. The molecule has 3 rings (SSSR count). The Balaban J connectivity index is 1.86. The molecule has 0 saturated carbocycles. The molecule has 0 aliphatic carbocycles. The van der Waals surface area contributed by atoms with Crippen LogP contribution in [-0.4, -0.2) is 31.7 Å². The molecule has 102 valence electrons. The zero-order chi connectivity index (χ0) is 13.3. The first-order valence-electron chi connectivity index (χ1n) is 6.47. The summed E-state index contributed by atoms with van der Waals surface area (Å²) in [6.45, 7) is 0.917. The number of para-hydroxylation sites is 1. The first-order valence-corrected chi connectivity index (χ1v) is 8.94. The maximum atomic E-state index is 12.4. The van der Waals surface area contributed by atoms with Crippen molar-refractivity contribution in [2.24, 2.45) is 0 Å². The first kappa shape index (κ1) is 13.0. The lowest BCUT2D eigenvalue weighted by atomic mass is 10.1. The van der Waals surface area contributed by atoms with Crippen LogP contribution in [0.3, 0.4) is 0 Å². The smallest absolute Gasteiger partial charge is 0.210 e. The van der Waals surface area contributed by atoms with Crippen molar-refractivity contribution in [3.63, 3.8) is 0 Å². The third-order valence-electron chi connectivity index (χ3n) is 3.37. The van der Waals surface area contributed by atoms with Crippen LogP contribution in [0.4, 0.5) is 0 Å². The van der Waals surface area contributed by atoms with Gasteiger partial charge in [0.15, 0.2) is 0 Å². The minimum absolute atomic E-state index is 0.0748. The minimum Gasteiger partial charge on any atom is -0.313 e. The molecule has 6 heteroatoms. The van der Waals surface area contributed by atoms with Crippen molar-refractivity contribution in [1.82, 2.24) is 10.3 Å². The molecule has 1 atom stereocenters. The molecule has 1 N–H and O–H groups in total. The fourth-order valence-corrected chi connectivity index (χ4v) is 5.26. The molecule has 0 amide bonds. The van der Waals surface area contributed by atoms with Crippen LogP contribution in [0.15, 0.2) is 28.6 Å². The van der Waals surface area contributed by atoms with E-state index in [1.807, 2.05) is 24.3 Å². The summed E-state index contributed by atoms with van der Waals surface area (Å²) in [4.78, 5) is 4.25. The molecule has 2 heterocycles. The molecule has 0 unspecified atom stereocenters. The maximum Gasteiger partial charge on any atom is 0.210 e. The van der Waals surface area contributed by atoms with Gasteiger partial charge in [0.1, 0.15) is 0 Å². The highest BCUT2D eigenvalue weighted by Crippen LogP contribution is 2.26. The molecule has 0 spiro atoms. The Labute approximate surface area is 116 Å². The zero-order valence-electron chi connectivity index (χ0n) is 10.5. The van der Waals surface area contributed by atoms with E-state index in [1.54, 1.807) is 0 Å². The Morgan fingerprint density at radius 3 is 2.89 bits per heavy atom. The number of fused-ring (bicyclic) bond motifs is 1. The molecular formula is C13H16N2O2S2. The summed E-state index contributed by atoms with van der Waals surface area (Å²) in [5.41, 5.74) is 0.766. The Hall–Kier alpha value is -0.980. The van der Waals surface area contributed by atoms with Gasteiger partial charge in [0.25, 0.3) is 0 Å². The number of nitrogens with one attached hydrogen (secondary N) is 1. The SMILES string of the molecule is O=S(=O)(C[C@H]1CCCCN1)c1nc2ccccc2s1. The van der Waals surface area contributed by atoms with Crippen molar-refractivity contribution >= 4 is 31.4 Å². The van der Waals surface area contributed by atoms with Gasteiger partial charge in [-0.2, -0.15) is 0 Å². The molecule has 2 aromatic rings. The lowest BCUT2D eigenvalue weighted by Gasteiger charge is -2.22. The van der Waals surface area contributed by atoms with Gasteiger partial charge in [-0.05, 0) is 31.5 Å². The molecule has 19 heavy (non-hydrogen) atoms. The van der Waals surface area contributed by atoms with Crippen LogP contribution in [0.1, 0.15) is 19.3 Å². The average Bonchev–Trinajstić information content (AvgIpc) is 2.84. The van der Waals surface area contributed by atoms with E-state index in [2.05, 4.69) is 10.3 Å². The van der Waals surface area contributed by atoms with Crippen molar-refractivity contribution in [2.75, 3.05) is 12.3 Å². The topological polar surface area (TPSA) is 59.1 Å². The standard InChI is InChI=1S/C13H16N2O2S2/c16-19(17,9-10-5-3-4-8-14-10)13-15-11-6-1-2-7-12(11)18-13/h1-2,6-7,10,14H,3-5,8-9H2/t10-/m1/s1. The van der Waals surface area contributed by atoms with Crippen LogP contribution in [-0.2, 0) is 9.84 Å². The molecule has 1 aromatic heterocycles. The van der Waals surface area contributed by atoms with Gasteiger partial charge in [-0.15, -0.1) is 11.3 Å². The van der Waals surface area contributed by atoms with Crippen molar-refractivity contribution < 1.29 is 8.42 Å². The Bertz CT molecular complexity index is 640. The number of sulfone groups is 1. The molecule has 1 saturated heterocycles. The number of hydrogen-bond donors (Lipinski definition) is 1. The van der Waals surface area contributed by atoms with Gasteiger partial charge in [0, 0.05) is 6.04 Å². The van der Waals surface area contributed by atoms with E-state index in [0.29, 0.717) is 0 Å². The van der Waals surface area contributed by atoms with E-state index in [1.165, 1.54) is 11.3 Å². The van der Waals surface area contributed by atoms with Crippen molar-refractivity contribution in [2.45, 2.75) is 29.6 Å².